The van der Waals surface area contributed by atoms with E-state index in [9.17, 15) is 34.2 Å². The second kappa shape index (κ2) is 33.5. The van der Waals surface area contributed by atoms with E-state index in [1.165, 1.54) is 54.6 Å². The fourth-order valence-corrected chi connectivity index (χ4v) is 11.0. The van der Waals surface area contributed by atoms with Crippen LogP contribution in [0.1, 0.15) is 197 Å². The first kappa shape index (κ1) is 70.8. The number of benzene rings is 7. The molecular formula is C74H93N3O12S. The number of unbranched alkanes of at least 4 members (excludes halogenated alkanes) is 6. The number of carbonyl (C=O) groups excluding carboxylic acids is 3. The molecule has 15 nitrogen and oxygen atoms in total. The maximum Gasteiger partial charge on any atom is 0.304 e. The van der Waals surface area contributed by atoms with Crippen LogP contribution in [0, 0.1) is 0 Å². The van der Waals surface area contributed by atoms with E-state index in [0.29, 0.717) is 70.3 Å². The normalized spacial score (nSPS) is 11.6. The van der Waals surface area contributed by atoms with E-state index in [-0.39, 0.29) is 64.0 Å². The van der Waals surface area contributed by atoms with Gasteiger partial charge in [0.2, 0.25) is 5.91 Å². The van der Waals surface area contributed by atoms with Crippen LogP contribution in [0.2, 0.25) is 0 Å². The summed E-state index contributed by atoms with van der Waals surface area (Å²) < 4.78 is 18.7. The van der Waals surface area contributed by atoms with Crippen molar-refractivity contribution in [3.63, 3.8) is 0 Å². The number of hydrogen-bond donors (Lipinski definition) is 7. The van der Waals surface area contributed by atoms with Crippen molar-refractivity contribution in [3.05, 3.63) is 149 Å². The molecule has 0 heterocycles. The monoisotopic (exact) mass is 1250 g/mol. The van der Waals surface area contributed by atoms with Gasteiger partial charge in [0.15, 0.2) is 0 Å². The number of ether oxygens (including phenoxy) is 3. The van der Waals surface area contributed by atoms with Crippen molar-refractivity contribution >= 4 is 74.3 Å². The molecule has 0 aliphatic carbocycles. The van der Waals surface area contributed by atoms with Crippen molar-refractivity contribution in [1.82, 2.24) is 5.32 Å². The second-order valence-electron chi connectivity index (χ2n) is 24.7. The molecule has 7 N–H and O–H groups in total. The van der Waals surface area contributed by atoms with E-state index < -0.39 is 23.8 Å². The van der Waals surface area contributed by atoms with Crippen LogP contribution >= 0.6 is 11.8 Å². The molecule has 3 amide bonds. The lowest BCUT2D eigenvalue weighted by atomic mass is 9.76. The Morgan fingerprint density at radius 2 is 1.03 bits per heavy atom. The van der Waals surface area contributed by atoms with Crippen molar-refractivity contribution in [2.45, 2.75) is 180 Å². The van der Waals surface area contributed by atoms with E-state index in [1.54, 1.807) is 60.7 Å². The Kier molecular flexibility index (Phi) is 26.4. The maximum absolute atomic E-state index is 13.9. The zero-order valence-corrected chi connectivity index (χ0v) is 55.1. The molecule has 7 aromatic carbocycles. The van der Waals surface area contributed by atoms with Gasteiger partial charge >= 0.3 is 11.9 Å². The highest BCUT2D eigenvalue weighted by molar-refractivity contribution is 7.99. The number of aromatic hydroxyl groups is 2. The molecule has 0 aromatic heterocycles. The molecule has 0 saturated carbocycles. The summed E-state index contributed by atoms with van der Waals surface area (Å²) in [4.78, 5) is 61.5. The summed E-state index contributed by atoms with van der Waals surface area (Å²) in [6, 6.07) is 36.7. The van der Waals surface area contributed by atoms with Gasteiger partial charge in [-0.15, -0.1) is 11.8 Å². The first-order chi connectivity index (χ1) is 42.9. The third-order valence-corrected chi connectivity index (χ3v) is 18.0. The molecule has 7 aromatic rings. The van der Waals surface area contributed by atoms with Crippen molar-refractivity contribution < 1.29 is 58.6 Å². The second-order valence-corrected chi connectivity index (χ2v) is 25.8. The summed E-state index contributed by atoms with van der Waals surface area (Å²) in [5.74, 6) is -0.747. The van der Waals surface area contributed by atoms with Crippen molar-refractivity contribution in [2.75, 3.05) is 36.1 Å². The van der Waals surface area contributed by atoms with Gasteiger partial charge in [-0.3, -0.25) is 24.0 Å². The maximum atomic E-state index is 13.9. The highest BCUT2D eigenvalue weighted by Gasteiger charge is 2.28. The fourth-order valence-electron chi connectivity index (χ4n) is 9.97. The Balaban J connectivity index is 0.000000291. The summed E-state index contributed by atoms with van der Waals surface area (Å²) >= 11 is 1.37. The molecule has 90 heavy (non-hydrogen) atoms. The lowest BCUT2D eigenvalue weighted by molar-refractivity contribution is -0.138. The number of aliphatic carboxylic acids is 2. The van der Waals surface area contributed by atoms with E-state index in [1.807, 2.05) is 36.4 Å². The van der Waals surface area contributed by atoms with Crippen LogP contribution in [-0.2, 0) is 30.6 Å². The molecule has 482 valence electrons. The number of phenolic OH excluding ortho intramolecular Hbond substituents is 2. The van der Waals surface area contributed by atoms with Gasteiger partial charge in [-0.2, -0.15) is 0 Å². The number of thioether (sulfide) groups is 1. The molecule has 0 radical (unpaired) electrons. The number of anilines is 2. The number of rotatable bonds is 33. The van der Waals surface area contributed by atoms with Gasteiger partial charge < -0.3 is 50.6 Å². The molecule has 0 unspecified atom stereocenters. The zero-order valence-electron chi connectivity index (χ0n) is 54.2. The highest BCUT2D eigenvalue weighted by Crippen LogP contribution is 2.42. The van der Waals surface area contributed by atoms with E-state index in [0.717, 1.165) is 66.5 Å². The topological polar surface area (TPSA) is 230 Å². The molecule has 0 aliphatic rings. The van der Waals surface area contributed by atoms with Gasteiger partial charge in [0, 0.05) is 51.0 Å². The number of fused-ring (bicyclic) bond motifs is 2. The minimum absolute atomic E-state index is 0.00421. The van der Waals surface area contributed by atoms with Gasteiger partial charge in [0.1, 0.15) is 34.5 Å². The standard InChI is InChI=1S/C40H48N2O7.C34H45NO5S/c1-5-7-8-9-10-13-24-48-34-21-16-27(40(3,4)6-2)25-33(34)42-39(47)32-26-35(30-14-11-12-15-31(30)38(32)46)49-29-19-17-28(18-20-29)41-36(43)22-23-37(44)45;1-7-33(3,4)23-15-16-28(27(21-23)34(5,6)8-2)40-19-12-11-18-35-32(39)26-22-29(41-20-17-30(36)37)24-13-9-10-14-25(24)31(26)38/h11-12,14-21,25-26,46H,5-10,13,22-24H2,1-4H3,(H,41,43)(H,42,47)(H,44,45);9-10,13-16,21-22,38H,7-8,11-12,17-20H2,1-6H3,(H,35,39)(H,36,37). The minimum Gasteiger partial charge on any atom is -0.506 e. The lowest BCUT2D eigenvalue weighted by Gasteiger charge is -2.30. The number of carbonyl (C=O) groups is 5. The van der Waals surface area contributed by atoms with Crippen molar-refractivity contribution in [1.29, 1.82) is 0 Å². The smallest absolute Gasteiger partial charge is 0.304 e. The number of carboxylic acid groups (broad SMARTS) is 2. The van der Waals surface area contributed by atoms with Crippen LogP contribution in [-0.4, -0.2) is 75.6 Å². The fraction of sp³-hybridized carbons (Fsp3) is 0.419. The lowest BCUT2D eigenvalue weighted by Crippen LogP contribution is -2.25. The predicted molar refractivity (Wildman–Crippen MR) is 363 cm³/mol. The van der Waals surface area contributed by atoms with Crippen LogP contribution < -0.4 is 30.2 Å². The first-order valence-electron chi connectivity index (χ1n) is 31.7. The third kappa shape index (κ3) is 19.9. The number of amides is 3. The summed E-state index contributed by atoms with van der Waals surface area (Å²) in [6.45, 7) is 23.7. The highest BCUT2D eigenvalue weighted by atomic mass is 32.2. The molecule has 0 spiro atoms. The van der Waals surface area contributed by atoms with Crippen LogP contribution in [0.3, 0.4) is 0 Å². The molecule has 7 rings (SSSR count). The summed E-state index contributed by atoms with van der Waals surface area (Å²) in [7, 11) is 0. The minimum atomic E-state index is -1.04. The first-order valence-corrected chi connectivity index (χ1v) is 32.7. The largest absolute Gasteiger partial charge is 0.506 e. The molecular weight excluding hydrogens is 1150 g/mol. The van der Waals surface area contributed by atoms with Gasteiger partial charge in [-0.25, -0.2) is 0 Å². The summed E-state index contributed by atoms with van der Waals surface area (Å²) in [5, 5.41) is 51.0. The molecule has 0 aliphatic heterocycles. The van der Waals surface area contributed by atoms with Crippen molar-refractivity contribution in [3.8, 4) is 34.5 Å². The van der Waals surface area contributed by atoms with Gasteiger partial charge in [0.05, 0.1) is 42.9 Å². The Hall–Kier alpha value is -8.24. The molecule has 16 heteroatoms. The van der Waals surface area contributed by atoms with Crippen LogP contribution in [0.5, 0.6) is 34.5 Å². The van der Waals surface area contributed by atoms with Gasteiger partial charge in [-0.05, 0) is 126 Å². The Bertz CT molecular complexity index is 3580. The van der Waals surface area contributed by atoms with Gasteiger partial charge in [-0.1, -0.05) is 168 Å². The molecule has 0 bridgehead atoms. The predicted octanol–water partition coefficient (Wildman–Crippen LogP) is 17.9. The Labute approximate surface area is 535 Å². The molecule has 0 fully saturated rings. The Morgan fingerprint density at radius 1 is 0.500 bits per heavy atom. The zero-order chi connectivity index (χ0) is 65.6. The van der Waals surface area contributed by atoms with Crippen LogP contribution in [0.4, 0.5) is 11.4 Å². The Morgan fingerprint density at radius 3 is 1.64 bits per heavy atom. The van der Waals surface area contributed by atoms with Gasteiger partial charge in [0.25, 0.3) is 11.8 Å². The quantitative estimate of drug-likeness (QED) is 0.0150. The summed E-state index contributed by atoms with van der Waals surface area (Å²) in [5.41, 5.74) is 4.85. The van der Waals surface area contributed by atoms with Crippen LogP contribution in [0.25, 0.3) is 21.5 Å². The van der Waals surface area contributed by atoms with E-state index >= 15 is 0 Å². The van der Waals surface area contributed by atoms with E-state index in [4.69, 9.17) is 24.4 Å². The number of nitrogens with one attached hydrogen (secondary N) is 3. The SMILES string of the molecule is CCC(C)(C)c1ccc(OCCCCNC(=O)c2cc(SCCC(=O)O)c3ccccc3c2O)c(C(C)(C)CC)c1.CCCCCCCCOc1ccc(C(C)(C)CC)cc1NC(=O)c1cc(Oc2ccc(NC(=O)CCC(=O)O)cc2)c2ccccc2c1O. The van der Waals surface area contributed by atoms with Crippen LogP contribution in [0.15, 0.2) is 126 Å². The number of hydrogen-bond acceptors (Lipinski definition) is 11. The molecule has 0 atom stereocenters. The van der Waals surface area contributed by atoms with E-state index in [2.05, 4.69) is 103 Å². The molecule has 0 saturated heterocycles. The average molecular weight is 1250 g/mol. The number of phenols is 2. The number of carboxylic acids is 2. The van der Waals surface area contributed by atoms with Crippen molar-refractivity contribution in [2.24, 2.45) is 0 Å². The third-order valence-electron chi connectivity index (χ3n) is 17.0. The average Bonchev–Trinajstić information content (AvgIpc) is 1.10. The summed E-state index contributed by atoms with van der Waals surface area (Å²) in [6.07, 6.45) is 10.9.